The number of anilines is 6. The number of rotatable bonds is 10. The van der Waals surface area contributed by atoms with Gasteiger partial charge in [-0.05, 0) is 47.5 Å². The first kappa shape index (κ1) is 36.3. The first-order valence-electron chi connectivity index (χ1n) is 12.6. The molecular formula is C29H22N6Na2O6S2. The first-order chi connectivity index (χ1) is 20.6. The maximum absolute atomic E-state index is 12.5. The van der Waals surface area contributed by atoms with Gasteiger partial charge in [0.15, 0.2) is 0 Å². The third-order valence-electron chi connectivity index (χ3n) is 5.87. The Morgan fingerprint density at radius 2 is 0.956 bits per heavy atom. The van der Waals surface area contributed by atoms with Crippen LogP contribution in [0.2, 0.25) is 0 Å². The van der Waals surface area contributed by atoms with E-state index in [1.807, 2.05) is 36.4 Å². The van der Waals surface area contributed by atoms with Gasteiger partial charge in [-0.1, -0.05) is 78.9 Å². The van der Waals surface area contributed by atoms with Gasteiger partial charge in [-0.3, -0.25) is 0 Å². The van der Waals surface area contributed by atoms with Crippen LogP contribution in [0.4, 0.5) is 34.9 Å². The molecule has 12 nitrogen and oxygen atoms in total. The minimum atomic E-state index is -5.09. The Kier molecular flexibility index (Phi) is 12.8. The van der Waals surface area contributed by atoms with E-state index in [1.54, 1.807) is 24.3 Å². The predicted molar refractivity (Wildman–Crippen MR) is 160 cm³/mol. The van der Waals surface area contributed by atoms with Crippen molar-refractivity contribution in [2.75, 3.05) is 16.0 Å². The van der Waals surface area contributed by atoms with Crippen LogP contribution in [0.3, 0.4) is 0 Å². The fourth-order valence-corrected chi connectivity index (χ4v) is 5.54. The summed E-state index contributed by atoms with van der Waals surface area (Å²) in [4.78, 5) is 12.0. The van der Waals surface area contributed by atoms with Crippen molar-refractivity contribution in [1.82, 2.24) is 15.0 Å². The van der Waals surface area contributed by atoms with E-state index < -0.39 is 30.0 Å². The van der Waals surface area contributed by atoms with Crippen LogP contribution in [0, 0.1) is 0 Å². The minimum absolute atomic E-state index is 0. The minimum Gasteiger partial charge on any atom is -0.744 e. The van der Waals surface area contributed by atoms with Crippen molar-refractivity contribution in [3.63, 3.8) is 0 Å². The number of nitrogens with one attached hydrogen (secondary N) is 3. The molecule has 1 heterocycles. The molecule has 0 radical (unpaired) electrons. The number of nitrogens with zero attached hydrogens (tertiary/aromatic N) is 3. The van der Waals surface area contributed by atoms with E-state index in [1.165, 1.54) is 48.6 Å². The number of hydrogen-bond donors (Lipinski definition) is 3. The van der Waals surface area contributed by atoms with E-state index >= 15 is 0 Å². The van der Waals surface area contributed by atoms with Gasteiger partial charge in [0.1, 0.15) is 20.2 Å². The monoisotopic (exact) mass is 660 g/mol. The summed E-state index contributed by atoms with van der Waals surface area (Å²) < 4.78 is 72.4. The van der Waals surface area contributed by atoms with Gasteiger partial charge >= 0.3 is 59.1 Å². The molecular weight excluding hydrogens is 638 g/mol. The SMILES string of the molecule is O=S(=O)([O-])c1ccccc1C=Cc1cccc(Nc2nc(Nc3ccccc3)nc(Nc3ccccc3)n2)c1S(=O)(=O)[O-].[Na+].[Na+]. The number of aromatic nitrogens is 3. The van der Waals surface area contributed by atoms with Gasteiger partial charge in [0.2, 0.25) is 17.8 Å². The molecule has 5 rings (SSSR count). The number of hydrogen-bond acceptors (Lipinski definition) is 12. The molecule has 4 aromatic carbocycles. The van der Waals surface area contributed by atoms with Crippen LogP contribution in [0.5, 0.6) is 0 Å². The number of benzene rings is 4. The Morgan fingerprint density at radius 3 is 1.47 bits per heavy atom. The van der Waals surface area contributed by atoms with Gasteiger partial charge in [0.05, 0.1) is 15.5 Å². The van der Waals surface area contributed by atoms with Gasteiger partial charge in [0.25, 0.3) is 0 Å². The second kappa shape index (κ2) is 15.9. The molecule has 0 spiro atoms. The molecule has 0 atom stereocenters. The van der Waals surface area contributed by atoms with Crippen LogP contribution in [0.1, 0.15) is 11.1 Å². The summed E-state index contributed by atoms with van der Waals surface area (Å²) in [5.41, 5.74) is 1.19. The molecule has 0 aliphatic heterocycles. The van der Waals surface area contributed by atoms with Gasteiger partial charge in [0, 0.05) is 11.4 Å². The molecule has 5 aromatic rings. The predicted octanol–water partition coefficient (Wildman–Crippen LogP) is -0.911. The van der Waals surface area contributed by atoms with Crippen molar-refractivity contribution in [2.24, 2.45) is 0 Å². The Bertz CT molecular complexity index is 1960. The van der Waals surface area contributed by atoms with Crippen LogP contribution in [-0.2, 0) is 20.2 Å². The summed E-state index contributed by atoms with van der Waals surface area (Å²) in [5, 5.41) is 8.93. The van der Waals surface area contributed by atoms with Crippen LogP contribution in [0.15, 0.2) is 113 Å². The van der Waals surface area contributed by atoms with E-state index in [0.29, 0.717) is 11.4 Å². The maximum Gasteiger partial charge on any atom is 1.00 e. The Labute approximate surface area is 304 Å². The van der Waals surface area contributed by atoms with Crippen LogP contribution in [0.25, 0.3) is 12.2 Å². The molecule has 0 fully saturated rings. The Balaban J connectivity index is 0.00000276. The molecule has 0 aliphatic carbocycles. The Hall–Kier alpha value is -3.15. The fraction of sp³-hybridized carbons (Fsp3) is 0. The van der Waals surface area contributed by atoms with Crippen molar-refractivity contribution in [3.8, 4) is 0 Å². The molecule has 218 valence electrons. The summed E-state index contributed by atoms with van der Waals surface area (Å²) >= 11 is 0. The summed E-state index contributed by atoms with van der Waals surface area (Å²) in [6, 6.07) is 27.8. The quantitative estimate of drug-likeness (QED) is 0.0952. The smallest absolute Gasteiger partial charge is 0.744 e. The van der Waals surface area contributed by atoms with Crippen molar-refractivity contribution in [2.45, 2.75) is 9.79 Å². The van der Waals surface area contributed by atoms with E-state index in [-0.39, 0.29) is 93.8 Å². The first-order valence-corrected chi connectivity index (χ1v) is 15.4. The molecule has 0 amide bonds. The van der Waals surface area contributed by atoms with Crippen molar-refractivity contribution in [3.05, 3.63) is 114 Å². The van der Waals surface area contributed by atoms with Gasteiger partial charge in [-0.2, -0.15) is 15.0 Å². The molecule has 3 N–H and O–H groups in total. The average molecular weight is 661 g/mol. The standard InChI is InChI=1S/C29H24N6O6S2.2Na/c36-42(37,38)25-17-8-7-10-20(25)18-19-21-11-9-16-24(26(21)43(39,40)41)32-29-34-27(30-22-12-3-1-4-13-22)33-28(35-29)31-23-14-5-2-6-15-23;;/h1-19H,(H,36,37,38)(H,39,40,41)(H3,30,31,32,33,34,35);;/q;2*+1/p-2. The van der Waals surface area contributed by atoms with Gasteiger partial charge < -0.3 is 25.1 Å². The third-order valence-corrected chi connectivity index (χ3v) is 7.73. The van der Waals surface area contributed by atoms with Crippen molar-refractivity contribution >= 4 is 67.3 Å². The molecule has 1 aromatic heterocycles. The molecule has 0 aliphatic rings. The second-order valence-corrected chi connectivity index (χ2v) is 11.6. The summed E-state index contributed by atoms with van der Waals surface area (Å²) in [5.74, 6) is 0.168. The van der Waals surface area contributed by atoms with E-state index in [4.69, 9.17) is 0 Å². The van der Waals surface area contributed by atoms with Gasteiger partial charge in [-0.25, -0.2) is 16.8 Å². The normalized spacial score (nSPS) is 11.2. The largest absolute Gasteiger partial charge is 1.00 e. The summed E-state index contributed by atoms with van der Waals surface area (Å²) in [6.07, 6.45) is 2.48. The van der Waals surface area contributed by atoms with Crippen molar-refractivity contribution < 1.29 is 85.1 Å². The van der Waals surface area contributed by atoms with Crippen LogP contribution in [-0.4, -0.2) is 40.9 Å². The maximum atomic E-state index is 12.5. The van der Waals surface area contributed by atoms with E-state index in [9.17, 15) is 25.9 Å². The second-order valence-electron chi connectivity index (χ2n) is 8.92. The zero-order chi connectivity index (χ0) is 30.5. The van der Waals surface area contributed by atoms with Crippen LogP contribution < -0.4 is 75.1 Å². The van der Waals surface area contributed by atoms with E-state index in [2.05, 4.69) is 30.9 Å². The molecule has 0 saturated heterocycles. The zero-order valence-electron chi connectivity index (χ0n) is 24.1. The van der Waals surface area contributed by atoms with E-state index in [0.717, 1.165) is 6.07 Å². The molecule has 0 bridgehead atoms. The third kappa shape index (κ3) is 9.92. The molecule has 0 saturated carbocycles. The summed E-state index contributed by atoms with van der Waals surface area (Å²) in [6.45, 7) is 0. The molecule has 16 heteroatoms. The van der Waals surface area contributed by atoms with Crippen molar-refractivity contribution in [1.29, 1.82) is 0 Å². The molecule has 0 unspecified atom stereocenters. The van der Waals surface area contributed by atoms with Gasteiger partial charge in [-0.15, -0.1) is 0 Å². The zero-order valence-corrected chi connectivity index (χ0v) is 29.7. The summed E-state index contributed by atoms with van der Waals surface area (Å²) in [7, 11) is -9.90. The van der Waals surface area contributed by atoms with Crippen LogP contribution >= 0.6 is 0 Å². The fourth-order valence-electron chi connectivity index (χ4n) is 4.05. The molecule has 45 heavy (non-hydrogen) atoms. The Morgan fingerprint density at radius 1 is 0.511 bits per heavy atom. The average Bonchev–Trinajstić information content (AvgIpc) is 2.96. The number of para-hydroxylation sites is 2. The topological polar surface area (TPSA) is 189 Å².